The van der Waals surface area contributed by atoms with E-state index in [1.165, 1.54) is 0 Å². The van der Waals surface area contributed by atoms with Crippen LogP contribution >= 0.6 is 15.9 Å². The summed E-state index contributed by atoms with van der Waals surface area (Å²) in [6.45, 7) is 4.15. The zero-order valence-corrected chi connectivity index (χ0v) is 16.2. The molecule has 3 aromatic rings. The Bertz CT molecular complexity index is 936. The van der Waals surface area contributed by atoms with Crippen molar-refractivity contribution in [3.8, 4) is 0 Å². The largest absolute Gasteiger partial charge is 0.392 e. The lowest BCUT2D eigenvalue weighted by Crippen LogP contribution is -2.22. The number of imidazole rings is 1. The average Bonchev–Trinajstić information content (AvgIpc) is 2.94. The van der Waals surface area contributed by atoms with E-state index in [0.717, 1.165) is 26.8 Å². The van der Waals surface area contributed by atoms with E-state index >= 15 is 0 Å². The first-order valence-corrected chi connectivity index (χ1v) is 9.16. The van der Waals surface area contributed by atoms with Crippen LogP contribution in [-0.4, -0.2) is 33.2 Å². The van der Waals surface area contributed by atoms with Crippen LogP contribution in [0.3, 0.4) is 0 Å². The van der Waals surface area contributed by atoms with Crippen LogP contribution in [0.1, 0.15) is 12.5 Å². The molecule has 26 heavy (non-hydrogen) atoms. The first-order chi connectivity index (χ1) is 12.4. The molecule has 1 aromatic heterocycles. The standard InChI is InChI=1S/C19H21BrN4O2/c1-12-9-14(7-8-15(12)20)22-18(26)11-24-17-6-4-3-5-16(17)23-19(24)21-10-13(2)25/h3-9,13,25H,10-11H2,1-2H3,(H,21,23)(H,22,26)/t13-/m1/s1. The van der Waals surface area contributed by atoms with Crippen LogP contribution < -0.4 is 10.6 Å². The Labute approximate surface area is 160 Å². The number of carbonyl (C=O) groups excluding carboxylic acids is 1. The van der Waals surface area contributed by atoms with Crippen LogP contribution in [0, 0.1) is 6.92 Å². The zero-order chi connectivity index (χ0) is 18.7. The van der Waals surface area contributed by atoms with Gasteiger partial charge < -0.3 is 20.3 Å². The third-order valence-corrected chi connectivity index (χ3v) is 4.84. The summed E-state index contributed by atoms with van der Waals surface area (Å²) in [5.41, 5.74) is 3.46. The van der Waals surface area contributed by atoms with Crippen molar-refractivity contribution in [2.45, 2.75) is 26.5 Å². The van der Waals surface area contributed by atoms with E-state index in [4.69, 9.17) is 0 Å². The minimum absolute atomic E-state index is 0.123. The summed E-state index contributed by atoms with van der Waals surface area (Å²) in [7, 11) is 0. The highest BCUT2D eigenvalue weighted by atomic mass is 79.9. The zero-order valence-electron chi connectivity index (χ0n) is 14.7. The van der Waals surface area contributed by atoms with Crippen molar-refractivity contribution in [3.63, 3.8) is 0 Å². The Morgan fingerprint density at radius 3 is 2.81 bits per heavy atom. The summed E-state index contributed by atoms with van der Waals surface area (Å²) in [6.07, 6.45) is -0.511. The summed E-state index contributed by atoms with van der Waals surface area (Å²) in [5.74, 6) is 0.421. The Hall–Kier alpha value is -2.38. The number of aliphatic hydroxyl groups is 1. The maximum absolute atomic E-state index is 12.6. The molecule has 1 amide bonds. The molecule has 1 heterocycles. The topological polar surface area (TPSA) is 79.2 Å². The molecule has 7 heteroatoms. The monoisotopic (exact) mass is 416 g/mol. The molecule has 0 bridgehead atoms. The SMILES string of the molecule is Cc1cc(NC(=O)Cn2c(NC[C@@H](C)O)nc3ccccc32)ccc1Br. The van der Waals surface area contributed by atoms with Crippen molar-refractivity contribution < 1.29 is 9.90 Å². The lowest BCUT2D eigenvalue weighted by Gasteiger charge is -2.12. The van der Waals surface area contributed by atoms with Gasteiger partial charge in [0.1, 0.15) is 6.54 Å². The maximum Gasteiger partial charge on any atom is 0.244 e. The van der Waals surface area contributed by atoms with E-state index in [9.17, 15) is 9.90 Å². The van der Waals surface area contributed by atoms with Gasteiger partial charge >= 0.3 is 0 Å². The van der Waals surface area contributed by atoms with Crippen LogP contribution in [0.25, 0.3) is 11.0 Å². The molecule has 6 nitrogen and oxygen atoms in total. The summed E-state index contributed by atoms with van der Waals surface area (Å²) in [4.78, 5) is 17.1. The highest BCUT2D eigenvalue weighted by molar-refractivity contribution is 9.10. The lowest BCUT2D eigenvalue weighted by atomic mass is 10.2. The fraction of sp³-hybridized carbons (Fsp3) is 0.263. The van der Waals surface area contributed by atoms with E-state index in [0.29, 0.717) is 12.5 Å². The summed E-state index contributed by atoms with van der Waals surface area (Å²) < 4.78 is 2.82. The first kappa shape index (κ1) is 18.4. The van der Waals surface area contributed by atoms with Crippen molar-refractivity contribution in [3.05, 3.63) is 52.5 Å². The number of hydrogen-bond donors (Lipinski definition) is 3. The van der Waals surface area contributed by atoms with Crippen molar-refractivity contribution in [2.75, 3.05) is 17.2 Å². The smallest absolute Gasteiger partial charge is 0.244 e. The number of fused-ring (bicyclic) bond motifs is 1. The molecule has 0 aliphatic heterocycles. The van der Waals surface area contributed by atoms with Crippen LogP contribution in [0.5, 0.6) is 0 Å². The molecule has 0 spiro atoms. The Morgan fingerprint density at radius 1 is 1.31 bits per heavy atom. The summed E-state index contributed by atoms with van der Waals surface area (Å²) in [5, 5.41) is 15.5. The molecular formula is C19H21BrN4O2. The molecular weight excluding hydrogens is 396 g/mol. The van der Waals surface area contributed by atoms with Crippen molar-refractivity contribution >= 4 is 44.5 Å². The third kappa shape index (κ3) is 4.23. The molecule has 136 valence electrons. The second-order valence-electron chi connectivity index (χ2n) is 6.25. The number of aryl methyl sites for hydroxylation is 1. The first-order valence-electron chi connectivity index (χ1n) is 8.37. The number of anilines is 2. The number of aromatic nitrogens is 2. The second kappa shape index (κ2) is 7.88. The molecule has 3 rings (SSSR count). The van der Waals surface area contributed by atoms with Crippen LogP contribution in [0.15, 0.2) is 46.9 Å². The Morgan fingerprint density at radius 2 is 2.08 bits per heavy atom. The number of rotatable bonds is 6. The normalized spacial score (nSPS) is 12.2. The predicted molar refractivity (Wildman–Crippen MR) is 107 cm³/mol. The molecule has 0 fully saturated rings. The van der Waals surface area contributed by atoms with Crippen molar-refractivity contribution in [1.29, 1.82) is 0 Å². The van der Waals surface area contributed by atoms with Crippen LogP contribution in [-0.2, 0) is 11.3 Å². The summed E-state index contributed by atoms with van der Waals surface area (Å²) in [6, 6.07) is 13.3. The van der Waals surface area contributed by atoms with Gasteiger partial charge in [0.05, 0.1) is 17.1 Å². The minimum atomic E-state index is -0.511. The van der Waals surface area contributed by atoms with E-state index in [1.807, 2.05) is 54.0 Å². The number of amides is 1. The number of carbonyl (C=O) groups is 1. The van der Waals surface area contributed by atoms with Gasteiger partial charge in [-0.3, -0.25) is 4.79 Å². The van der Waals surface area contributed by atoms with E-state index in [1.54, 1.807) is 6.92 Å². The Balaban J connectivity index is 1.82. The molecule has 0 aliphatic rings. The molecule has 0 saturated carbocycles. The minimum Gasteiger partial charge on any atom is -0.392 e. The van der Waals surface area contributed by atoms with Crippen molar-refractivity contribution in [1.82, 2.24) is 9.55 Å². The quantitative estimate of drug-likeness (QED) is 0.573. The van der Waals surface area contributed by atoms with Crippen molar-refractivity contribution in [2.24, 2.45) is 0 Å². The molecule has 3 N–H and O–H groups in total. The van der Waals surface area contributed by atoms with Gasteiger partial charge in [0.2, 0.25) is 11.9 Å². The van der Waals surface area contributed by atoms with Gasteiger partial charge in [0, 0.05) is 16.7 Å². The van der Waals surface area contributed by atoms with Gasteiger partial charge in [-0.1, -0.05) is 28.1 Å². The van der Waals surface area contributed by atoms with Gasteiger partial charge in [-0.05, 0) is 49.7 Å². The number of benzene rings is 2. The number of nitrogens with one attached hydrogen (secondary N) is 2. The van der Waals surface area contributed by atoms with Crippen LogP contribution in [0.4, 0.5) is 11.6 Å². The fourth-order valence-corrected chi connectivity index (χ4v) is 2.92. The second-order valence-corrected chi connectivity index (χ2v) is 7.11. The van der Waals surface area contributed by atoms with Gasteiger partial charge in [0.25, 0.3) is 0 Å². The highest BCUT2D eigenvalue weighted by Crippen LogP contribution is 2.22. The van der Waals surface area contributed by atoms with E-state index < -0.39 is 6.10 Å². The number of halogens is 1. The highest BCUT2D eigenvalue weighted by Gasteiger charge is 2.14. The molecule has 0 unspecified atom stereocenters. The summed E-state index contributed by atoms with van der Waals surface area (Å²) >= 11 is 3.46. The molecule has 2 aromatic carbocycles. The van der Waals surface area contributed by atoms with E-state index in [2.05, 4.69) is 31.5 Å². The average molecular weight is 417 g/mol. The predicted octanol–water partition coefficient (Wildman–Crippen LogP) is 3.54. The maximum atomic E-state index is 12.6. The fourth-order valence-electron chi connectivity index (χ4n) is 2.68. The van der Waals surface area contributed by atoms with Gasteiger partial charge in [0.15, 0.2) is 0 Å². The molecule has 0 aliphatic carbocycles. The molecule has 1 atom stereocenters. The number of nitrogens with zero attached hydrogens (tertiary/aromatic N) is 2. The Kier molecular flexibility index (Phi) is 5.58. The van der Waals surface area contributed by atoms with Crippen LogP contribution in [0.2, 0.25) is 0 Å². The number of hydrogen-bond acceptors (Lipinski definition) is 4. The molecule has 0 radical (unpaired) electrons. The van der Waals surface area contributed by atoms with Gasteiger partial charge in [-0.15, -0.1) is 0 Å². The van der Waals surface area contributed by atoms with E-state index in [-0.39, 0.29) is 12.5 Å². The molecule has 0 saturated heterocycles. The lowest BCUT2D eigenvalue weighted by molar-refractivity contribution is -0.116. The van der Waals surface area contributed by atoms with Gasteiger partial charge in [-0.2, -0.15) is 0 Å². The number of aliphatic hydroxyl groups excluding tert-OH is 1. The third-order valence-electron chi connectivity index (χ3n) is 3.95. The van der Waals surface area contributed by atoms with Gasteiger partial charge in [-0.25, -0.2) is 4.98 Å². The number of para-hydroxylation sites is 2.